The van der Waals surface area contributed by atoms with Gasteiger partial charge < -0.3 is 20.1 Å². The lowest BCUT2D eigenvalue weighted by Crippen LogP contribution is -2.47. The van der Waals surface area contributed by atoms with Crippen molar-refractivity contribution in [2.75, 3.05) is 26.3 Å². The maximum Gasteiger partial charge on any atom is 0.254 e. The highest BCUT2D eigenvalue weighted by atomic mass is 35.5. The monoisotopic (exact) mass is 507 g/mol. The summed E-state index contributed by atoms with van der Waals surface area (Å²) in [6.07, 6.45) is 8.45. The standard InChI is InChI=1S/C29H34ClN3O3/c1-29(2,35)28(34)33-7-5-19-9-20(10-22(24(19)15-33)27-16-36-8-6-31-27)21-11-23-25(30)12-17-3-4-18(17)13-26(23)32-14-21/h9-12,14,17-18,27,31,35H,3-8,13,15-16H2,1-2H3/t17?,18?,27-/m0/s1. The molecule has 6 rings (SSSR count). The normalized spacial score (nSPS) is 25.6. The quantitative estimate of drug-likeness (QED) is 0.650. The summed E-state index contributed by atoms with van der Waals surface area (Å²) in [6.45, 7) is 6.28. The molecule has 1 aromatic heterocycles. The predicted octanol–water partition coefficient (Wildman–Crippen LogP) is 4.23. The number of benzene rings is 1. The van der Waals surface area contributed by atoms with Gasteiger partial charge in [0.1, 0.15) is 5.60 Å². The van der Waals surface area contributed by atoms with Gasteiger partial charge in [-0.05, 0) is 85.8 Å². The van der Waals surface area contributed by atoms with E-state index < -0.39 is 5.60 Å². The zero-order valence-electron chi connectivity index (χ0n) is 21.0. The topological polar surface area (TPSA) is 74.7 Å². The van der Waals surface area contributed by atoms with Gasteiger partial charge in [0.25, 0.3) is 5.91 Å². The summed E-state index contributed by atoms with van der Waals surface area (Å²) < 4.78 is 5.81. The molecule has 2 fully saturated rings. The van der Waals surface area contributed by atoms with E-state index >= 15 is 0 Å². The molecule has 2 unspecified atom stereocenters. The van der Waals surface area contributed by atoms with Gasteiger partial charge in [0, 0.05) is 47.7 Å². The van der Waals surface area contributed by atoms with Crippen LogP contribution in [0.5, 0.6) is 0 Å². The molecule has 2 aliphatic heterocycles. The Labute approximate surface area is 217 Å². The maximum absolute atomic E-state index is 12.9. The molecule has 36 heavy (non-hydrogen) atoms. The van der Waals surface area contributed by atoms with E-state index in [-0.39, 0.29) is 11.9 Å². The van der Waals surface area contributed by atoms with Crippen molar-refractivity contribution >= 4 is 22.5 Å². The van der Waals surface area contributed by atoms with Gasteiger partial charge in [-0.15, -0.1) is 0 Å². The number of morpholine rings is 1. The van der Waals surface area contributed by atoms with Gasteiger partial charge in [-0.3, -0.25) is 9.78 Å². The van der Waals surface area contributed by atoms with Gasteiger partial charge in [0.05, 0.1) is 19.3 Å². The van der Waals surface area contributed by atoms with Gasteiger partial charge in [-0.25, -0.2) is 0 Å². The fourth-order valence-corrected chi connectivity index (χ4v) is 6.44. The van der Waals surface area contributed by atoms with Crippen molar-refractivity contribution in [1.82, 2.24) is 15.2 Å². The third kappa shape index (κ3) is 4.38. The molecule has 1 saturated carbocycles. The van der Waals surface area contributed by atoms with Crippen molar-refractivity contribution in [3.05, 3.63) is 58.4 Å². The molecule has 0 radical (unpaired) electrons. The lowest BCUT2D eigenvalue weighted by Gasteiger charge is -2.36. The number of aliphatic hydroxyl groups is 1. The Hall–Kier alpha value is -2.25. The molecule has 3 heterocycles. The maximum atomic E-state index is 12.9. The number of pyridine rings is 1. The first-order valence-corrected chi connectivity index (χ1v) is 13.5. The van der Waals surface area contributed by atoms with Crippen molar-refractivity contribution in [3.8, 4) is 11.1 Å². The minimum absolute atomic E-state index is 0.0533. The van der Waals surface area contributed by atoms with Crippen LogP contribution in [0.15, 0.2) is 30.5 Å². The van der Waals surface area contributed by atoms with E-state index in [9.17, 15) is 9.90 Å². The van der Waals surface area contributed by atoms with E-state index in [1.54, 1.807) is 18.7 Å². The molecule has 2 aromatic rings. The van der Waals surface area contributed by atoms with Gasteiger partial charge in [-0.2, -0.15) is 0 Å². The van der Waals surface area contributed by atoms with E-state index in [0.29, 0.717) is 38.1 Å². The Balaban J connectivity index is 1.40. The Bertz CT molecular complexity index is 1230. The van der Waals surface area contributed by atoms with Crippen LogP contribution < -0.4 is 5.32 Å². The second kappa shape index (κ2) is 9.25. The SMILES string of the molecule is CC(C)(O)C(=O)N1CCc2cc(-c3cnc4c(c3)C(Cl)=CC3CCC3C4)cc([C@@H]3COCCN3)c2C1. The Morgan fingerprint density at radius 1 is 1.25 bits per heavy atom. The summed E-state index contributed by atoms with van der Waals surface area (Å²) in [5, 5.41) is 14.7. The summed E-state index contributed by atoms with van der Waals surface area (Å²) in [5.41, 5.74) is 6.51. The van der Waals surface area contributed by atoms with Crippen LogP contribution in [0, 0.1) is 11.8 Å². The van der Waals surface area contributed by atoms with Crippen LogP contribution >= 0.6 is 11.6 Å². The van der Waals surface area contributed by atoms with Crippen LogP contribution in [-0.2, 0) is 28.9 Å². The number of hydrogen-bond donors (Lipinski definition) is 2. The summed E-state index contributed by atoms with van der Waals surface area (Å²) in [5.74, 6) is 1.01. The number of ether oxygens (including phenoxy) is 1. The number of amides is 1. The number of halogens is 1. The largest absolute Gasteiger partial charge is 0.381 e. The molecule has 3 atom stereocenters. The number of nitrogens with zero attached hydrogens (tertiary/aromatic N) is 2. The van der Waals surface area contributed by atoms with E-state index in [1.165, 1.54) is 18.4 Å². The van der Waals surface area contributed by atoms with Crippen molar-refractivity contribution in [2.24, 2.45) is 11.8 Å². The van der Waals surface area contributed by atoms with Crippen molar-refractivity contribution < 1.29 is 14.6 Å². The minimum Gasteiger partial charge on any atom is -0.381 e. The molecule has 1 amide bonds. The first-order chi connectivity index (χ1) is 17.3. The van der Waals surface area contributed by atoms with E-state index in [4.69, 9.17) is 21.3 Å². The number of carbonyl (C=O) groups is 1. The molecule has 0 bridgehead atoms. The van der Waals surface area contributed by atoms with Crippen molar-refractivity contribution in [1.29, 1.82) is 0 Å². The number of carbonyl (C=O) groups excluding carboxylic acids is 1. The highest BCUT2D eigenvalue weighted by molar-refractivity contribution is 6.49. The Kier molecular flexibility index (Phi) is 6.19. The van der Waals surface area contributed by atoms with Crippen LogP contribution in [0.2, 0.25) is 0 Å². The van der Waals surface area contributed by atoms with Gasteiger partial charge in [0.2, 0.25) is 0 Å². The van der Waals surface area contributed by atoms with Crippen molar-refractivity contribution in [3.63, 3.8) is 0 Å². The summed E-state index contributed by atoms with van der Waals surface area (Å²) in [6, 6.07) is 6.73. The van der Waals surface area contributed by atoms with Crippen molar-refractivity contribution in [2.45, 2.75) is 57.7 Å². The molecule has 1 aromatic carbocycles. The molecular weight excluding hydrogens is 474 g/mol. The van der Waals surface area contributed by atoms with E-state index in [0.717, 1.165) is 57.9 Å². The average molecular weight is 508 g/mol. The molecule has 1 saturated heterocycles. The van der Waals surface area contributed by atoms with Crippen LogP contribution in [-0.4, -0.2) is 52.8 Å². The number of nitrogens with one attached hydrogen (secondary N) is 1. The van der Waals surface area contributed by atoms with Gasteiger partial charge in [-0.1, -0.05) is 23.7 Å². The average Bonchev–Trinajstić information content (AvgIpc) is 2.96. The Morgan fingerprint density at radius 3 is 2.83 bits per heavy atom. The molecule has 2 aliphatic carbocycles. The molecular formula is C29H34ClN3O3. The second-order valence-corrected chi connectivity index (χ2v) is 11.7. The third-order valence-electron chi connectivity index (χ3n) is 8.34. The summed E-state index contributed by atoms with van der Waals surface area (Å²) in [4.78, 5) is 19.5. The highest BCUT2D eigenvalue weighted by Crippen LogP contribution is 2.44. The van der Waals surface area contributed by atoms with E-state index in [1.807, 2.05) is 6.20 Å². The molecule has 190 valence electrons. The lowest BCUT2D eigenvalue weighted by molar-refractivity contribution is -0.148. The number of fused-ring (bicyclic) bond motifs is 3. The fraction of sp³-hybridized carbons (Fsp3) is 0.517. The van der Waals surface area contributed by atoms with E-state index in [2.05, 4.69) is 29.6 Å². The number of rotatable bonds is 3. The van der Waals surface area contributed by atoms with Crippen LogP contribution in [0.25, 0.3) is 16.2 Å². The van der Waals surface area contributed by atoms with Crippen LogP contribution in [0.3, 0.4) is 0 Å². The zero-order chi connectivity index (χ0) is 25.0. The molecule has 4 aliphatic rings. The molecule has 6 nitrogen and oxygen atoms in total. The number of allylic oxidation sites excluding steroid dienone is 1. The predicted molar refractivity (Wildman–Crippen MR) is 140 cm³/mol. The smallest absolute Gasteiger partial charge is 0.254 e. The van der Waals surface area contributed by atoms with Gasteiger partial charge >= 0.3 is 0 Å². The lowest BCUT2D eigenvalue weighted by atomic mass is 9.72. The fourth-order valence-electron chi connectivity index (χ4n) is 6.11. The van der Waals surface area contributed by atoms with Crippen LogP contribution in [0.1, 0.15) is 60.7 Å². The van der Waals surface area contributed by atoms with Crippen LogP contribution in [0.4, 0.5) is 0 Å². The minimum atomic E-state index is -1.39. The zero-order valence-corrected chi connectivity index (χ0v) is 21.8. The summed E-state index contributed by atoms with van der Waals surface area (Å²) >= 11 is 6.79. The summed E-state index contributed by atoms with van der Waals surface area (Å²) in [7, 11) is 0. The highest BCUT2D eigenvalue weighted by Gasteiger charge is 2.35. The first kappa shape index (κ1) is 24.1. The molecule has 2 N–H and O–H groups in total. The molecule has 7 heteroatoms. The first-order valence-electron chi connectivity index (χ1n) is 13.1. The Morgan fingerprint density at radius 2 is 2.11 bits per heavy atom. The van der Waals surface area contributed by atoms with Gasteiger partial charge in [0.15, 0.2) is 0 Å². The molecule has 0 spiro atoms. The number of hydrogen-bond acceptors (Lipinski definition) is 5. The third-order valence-corrected chi connectivity index (χ3v) is 8.67. The number of aromatic nitrogens is 1. The second-order valence-electron chi connectivity index (χ2n) is 11.3.